The van der Waals surface area contributed by atoms with Gasteiger partial charge >= 0.3 is 5.97 Å². The second-order valence-electron chi connectivity index (χ2n) is 6.79. The Morgan fingerprint density at radius 2 is 1.84 bits per heavy atom. The summed E-state index contributed by atoms with van der Waals surface area (Å²) in [5.74, 6) is 1.34. The zero-order valence-electron chi connectivity index (χ0n) is 12.1. The highest BCUT2D eigenvalue weighted by atomic mass is 16.5. The van der Waals surface area contributed by atoms with Crippen molar-refractivity contribution in [2.45, 2.75) is 75.8 Å². The lowest BCUT2D eigenvalue weighted by atomic mass is 9.80. The van der Waals surface area contributed by atoms with Crippen LogP contribution < -0.4 is 5.32 Å². The van der Waals surface area contributed by atoms with Gasteiger partial charge in [0.1, 0.15) is 5.54 Å². The zero-order valence-corrected chi connectivity index (χ0v) is 12.1. The molecule has 19 heavy (non-hydrogen) atoms. The molecule has 0 saturated heterocycles. The predicted octanol–water partition coefficient (Wildman–Crippen LogP) is 3.03. The van der Waals surface area contributed by atoms with Crippen molar-refractivity contribution in [3.8, 4) is 0 Å². The van der Waals surface area contributed by atoms with E-state index in [-0.39, 0.29) is 11.5 Å². The number of esters is 1. The molecule has 0 spiro atoms. The number of hydrogen-bond donors (Lipinski definition) is 1. The Labute approximate surface area is 116 Å². The highest BCUT2D eigenvalue weighted by Gasteiger charge is 2.59. The van der Waals surface area contributed by atoms with E-state index in [1.54, 1.807) is 7.11 Å². The molecule has 3 aliphatic carbocycles. The molecule has 3 aliphatic rings. The molecule has 0 radical (unpaired) electrons. The quantitative estimate of drug-likeness (QED) is 0.629. The fraction of sp³-hybridized carbons (Fsp3) is 0.938. The minimum atomic E-state index is -0.341. The van der Waals surface area contributed by atoms with Gasteiger partial charge in [0.25, 0.3) is 0 Å². The third kappa shape index (κ3) is 2.54. The molecule has 3 fully saturated rings. The summed E-state index contributed by atoms with van der Waals surface area (Å²) < 4.78 is 5.16. The number of fused-ring (bicyclic) bond motifs is 1. The van der Waals surface area contributed by atoms with Gasteiger partial charge in [-0.1, -0.05) is 38.5 Å². The van der Waals surface area contributed by atoms with Crippen LogP contribution in [0.15, 0.2) is 0 Å². The van der Waals surface area contributed by atoms with Crippen LogP contribution in [0.4, 0.5) is 0 Å². The van der Waals surface area contributed by atoms with Crippen LogP contribution in [-0.2, 0) is 9.53 Å². The van der Waals surface area contributed by atoms with Crippen LogP contribution in [0.3, 0.4) is 0 Å². The summed E-state index contributed by atoms with van der Waals surface area (Å²) in [6.45, 7) is 0. The normalized spacial score (nSPS) is 39.2. The molecule has 0 aromatic carbocycles. The molecule has 0 heterocycles. The Morgan fingerprint density at radius 3 is 2.53 bits per heavy atom. The lowest BCUT2D eigenvalue weighted by molar-refractivity contribution is -0.151. The van der Waals surface area contributed by atoms with E-state index < -0.39 is 0 Å². The Hall–Kier alpha value is -0.570. The molecular weight excluding hydrogens is 238 g/mol. The van der Waals surface area contributed by atoms with Crippen molar-refractivity contribution in [2.24, 2.45) is 11.8 Å². The van der Waals surface area contributed by atoms with Crippen molar-refractivity contribution >= 4 is 5.97 Å². The molecule has 0 aromatic heterocycles. The minimum absolute atomic E-state index is 0.00365. The van der Waals surface area contributed by atoms with Crippen molar-refractivity contribution in [1.82, 2.24) is 5.32 Å². The van der Waals surface area contributed by atoms with Gasteiger partial charge in [-0.2, -0.15) is 0 Å². The van der Waals surface area contributed by atoms with Crippen LogP contribution in [0, 0.1) is 11.8 Å². The molecule has 108 valence electrons. The van der Waals surface area contributed by atoms with Crippen LogP contribution in [0.5, 0.6) is 0 Å². The van der Waals surface area contributed by atoms with Gasteiger partial charge in [-0.15, -0.1) is 0 Å². The Morgan fingerprint density at radius 1 is 1.11 bits per heavy atom. The van der Waals surface area contributed by atoms with Crippen LogP contribution in [0.1, 0.15) is 64.2 Å². The average molecular weight is 265 g/mol. The van der Waals surface area contributed by atoms with E-state index >= 15 is 0 Å². The van der Waals surface area contributed by atoms with Gasteiger partial charge in [0, 0.05) is 6.04 Å². The smallest absolute Gasteiger partial charge is 0.326 e. The van der Waals surface area contributed by atoms with Crippen LogP contribution >= 0.6 is 0 Å². The van der Waals surface area contributed by atoms with Gasteiger partial charge in [-0.05, 0) is 37.5 Å². The summed E-state index contributed by atoms with van der Waals surface area (Å²) in [4.78, 5) is 12.4. The zero-order chi connectivity index (χ0) is 13.3. The number of nitrogens with one attached hydrogen (secondary N) is 1. The molecule has 0 bridgehead atoms. The van der Waals surface area contributed by atoms with Gasteiger partial charge in [-0.25, -0.2) is 0 Å². The average Bonchev–Trinajstić information content (AvgIpc) is 3.22. The standard InChI is InChI=1S/C16H27NO2/c1-19-15(18)16(10-6-7-12-11-14(12)16)17-13-8-4-2-3-5-9-13/h12-14,17H,2-11H2,1H3. The number of carbonyl (C=O) groups is 1. The van der Waals surface area contributed by atoms with Crippen LogP contribution in [-0.4, -0.2) is 24.7 Å². The summed E-state index contributed by atoms with van der Waals surface area (Å²) in [7, 11) is 1.55. The van der Waals surface area contributed by atoms with E-state index in [4.69, 9.17) is 4.74 Å². The molecule has 3 nitrogen and oxygen atoms in total. The van der Waals surface area contributed by atoms with Crippen molar-refractivity contribution in [3.05, 3.63) is 0 Å². The maximum Gasteiger partial charge on any atom is 0.326 e. The fourth-order valence-corrected chi connectivity index (χ4v) is 4.46. The monoisotopic (exact) mass is 265 g/mol. The molecule has 0 amide bonds. The van der Waals surface area contributed by atoms with E-state index in [9.17, 15) is 4.79 Å². The first-order valence-corrected chi connectivity index (χ1v) is 8.12. The van der Waals surface area contributed by atoms with Crippen LogP contribution in [0.25, 0.3) is 0 Å². The molecule has 3 heteroatoms. The lowest BCUT2D eigenvalue weighted by Crippen LogP contribution is -2.59. The Bertz CT molecular complexity index is 336. The number of methoxy groups -OCH3 is 1. The van der Waals surface area contributed by atoms with Crippen molar-refractivity contribution in [2.75, 3.05) is 7.11 Å². The van der Waals surface area contributed by atoms with Crippen molar-refractivity contribution < 1.29 is 9.53 Å². The third-order valence-electron chi connectivity index (χ3n) is 5.57. The summed E-state index contributed by atoms with van der Waals surface area (Å²) >= 11 is 0. The van der Waals surface area contributed by atoms with E-state index in [0.717, 1.165) is 12.3 Å². The predicted molar refractivity (Wildman–Crippen MR) is 74.8 cm³/mol. The highest BCUT2D eigenvalue weighted by Crippen LogP contribution is 2.55. The molecule has 3 unspecified atom stereocenters. The SMILES string of the molecule is COC(=O)C1(NC2CCCCCC2)CCCC2CC21. The number of ether oxygens (including phenoxy) is 1. The summed E-state index contributed by atoms with van der Waals surface area (Å²) in [5, 5.41) is 3.78. The van der Waals surface area contributed by atoms with Gasteiger partial charge in [-0.3, -0.25) is 10.1 Å². The van der Waals surface area contributed by atoms with Gasteiger partial charge < -0.3 is 4.74 Å². The Kier molecular flexibility index (Phi) is 3.84. The first-order valence-electron chi connectivity index (χ1n) is 8.12. The third-order valence-corrected chi connectivity index (χ3v) is 5.57. The topological polar surface area (TPSA) is 38.3 Å². The second kappa shape index (κ2) is 5.43. The second-order valence-corrected chi connectivity index (χ2v) is 6.79. The first-order chi connectivity index (χ1) is 9.26. The number of hydrogen-bond acceptors (Lipinski definition) is 3. The van der Waals surface area contributed by atoms with E-state index in [1.165, 1.54) is 57.8 Å². The molecule has 1 N–H and O–H groups in total. The maximum atomic E-state index is 12.4. The molecule has 3 saturated carbocycles. The van der Waals surface area contributed by atoms with E-state index in [1.807, 2.05) is 0 Å². The summed E-state index contributed by atoms with van der Waals surface area (Å²) in [5.41, 5.74) is -0.341. The largest absolute Gasteiger partial charge is 0.468 e. The minimum Gasteiger partial charge on any atom is -0.468 e. The summed E-state index contributed by atoms with van der Waals surface area (Å²) in [6.07, 6.45) is 12.5. The Balaban J connectivity index is 1.73. The van der Waals surface area contributed by atoms with Crippen molar-refractivity contribution in [3.63, 3.8) is 0 Å². The van der Waals surface area contributed by atoms with E-state index in [0.29, 0.717) is 12.0 Å². The summed E-state index contributed by atoms with van der Waals surface area (Å²) in [6, 6.07) is 0.529. The van der Waals surface area contributed by atoms with Crippen LogP contribution in [0.2, 0.25) is 0 Å². The maximum absolute atomic E-state index is 12.4. The first kappa shape index (κ1) is 13.4. The van der Waals surface area contributed by atoms with Gasteiger partial charge in [0.15, 0.2) is 0 Å². The van der Waals surface area contributed by atoms with Gasteiger partial charge in [0.2, 0.25) is 0 Å². The lowest BCUT2D eigenvalue weighted by Gasteiger charge is -2.38. The molecular formula is C16H27NO2. The van der Waals surface area contributed by atoms with E-state index in [2.05, 4.69) is 5.32 Å². The van der Waals surface area contributed by atoms with Crippen molar-refractivity contribution in [1.29, 1.82) is 0 Å². The highest BCUT2D eigenvalue weighted by molar-refractivity contribution is 5.82. The fourth-order valence-electron chi connectivity index (χ4n) is 4.46. The molecule has 0 aromatic rings. The molecule has 0 aliphatic heterocycles. The number of carbonyl (C=O) groups excluding carboxylic acids is 1. The van der Waals surface area contributed by atoms with Gasteiger partial charge in [0.05, 0.1) is 7.11 Å². The molecule has 3 rings (SSSR count). The number of rotatable bonds is 3. The molecule has 3 atom stereocenters.